The minimum absolute atomic E-state index is 0.00655. The Morgan fingerprint density at radius 3 is 2.38 bits per heavy atom. The first kappa shape index (κ1) is 33.4. The number of aromatic amines is 1. The molecule has 2 aromatic heterocycles. The van der Waals surface area contributed by atoms with Gasteiger partial charge in [-0.15, -0.1) is 0 Å². The number of unbranched alkanes of at least 4 members (excludes halogenated alkanes) is 10. The number of oxazole rings is 1. The van der Waals surface area contributed by atoms with Gasteiger partial charge in [0, 0.05) is 42.8 Å². The molecule has 11 heteroatoms. The van der Waals surface area contributed by atoms with Crippen LogP contribution >= 0.6 is 0 Å². The van der Waals surface area contributed by atoms with Gasteiger partial charge in [-0.05, 0) is 31.4 Å². The molecule has 1 aromatic carbocycles. The SMILES string of the molecule is CCCCCCCCCCCCCC(=O)Nc1cccc(-c2coc([C@H]3O[C@@H](n4ccc(=O)[nH]c4=O)[C@@H]4OC5(CCCC5)O[C@@H]43)n2)c1. The Hall–Kier alpha value is -3.54. The van der Waals surface area contributed by atoms with Gasteiger partial charge < -0.3 is 23.9 Å². The summed E-state index contributed by atoms with van der Waals surface area (Å²) < 4.78 is 26.5. The maximum Gasteiger partial charge on any atom is 0.330 e. The maximum absolute atomic E-state index is 12.7. The first-order chi connectivity index (χ1) is 22.9. The number of ether oxygens (including phenoxy) is 3. The number of anilines is 1. The molecular weight excluding hydrogens is 600 g/mol. The van der Waals surface area contributed by atoms with Gasteiger partial charge in [-0.2, -0.15) is 0 Å². The van der Waals surface area contributed by atoms with Crippen molar-refractivity contribution < 1.29 is 23.4 Å². The topological polar surface area (TPSA) is 138 Å². The van der Waals surface area contributed by atoms with Gasteiger partial charge in [0.15, 0.2) is 18.1 Å². The molecule has 3 aliphatic rings. The van der Waals surface area contributed by atoms with E-state index in [0.717, 1.165) is 44.1 Å². The van der Waals surface area contributed by atoms with E-state index in [2.05, 4.69) is 17.2 Å². The number of amides is 1. The highest BCUT2D eigenvalue weighted by Crippen LogP contribution is 2.53. The molecule has 11 nitrogen and oxygen atoms in total. The van der Waals surface area contributed by atoms with Crippen LogP contribution in [0.5, 0.6) is 0 Å². The normalized spacial score (nSPS) is 23.0. The number of hydrogen-bond donors (Lipinski definition) is 2. The smallest absolute Gasteiger partial charge is 0.330 e. The summed E-state index contributed by atoms with van der Waals surface area (Å²) in [7, 11) is 0. The summed E-state index contributed by atoms with van der Waals surface area (Å²) >= 11 is 0. The molecule has 47 heavy (non-hydrogen) atoms. The summed E-state index contributed by atoms with van der Waals surface area (Å²) in [6.07, 6.45) is 18.0. The van der Waals surface area contributed by atoms with E-state index in [-0.39, 0.29) is 5.91 Å². The number of rotatable bonds is 16. The molecule has 2 aliphatic heterocycles. The third-order valence-electron chi connectivity index (χ3n) is 9.60. The fourth-order valence-electron chi connectivity index (χ4n) is 7.10. The highest BCUT2D eigenvalue weighted by molar-refractivity contribution is 5.91. The summed E-state index contributed by atoms with van der Waals surface area (Å²) in [5, 5.41) is 3.02. The molecule has 1 spiro atoms. The van der Waals surface area contributed by atoms with Gasteiger partial charge >= 0.3 is 5.69 Å². The van der Waals surface area contributed by atoms with E-state index in [1.165, 1.54) is 74.6 Å². The number of hydrogen-bond acceptors (Lipinski definition) is 8. The Bertz CT molecular complexity index is 1590. The standard InChI is InChI=1S/C36H48N4O7/c1-2-3-4-5-6-7-8-9-10-11-12-18-28(41)37-26-17-15-16-25(23-26)27-24-44-33(38-27)31-30-32(47-36(46-30)20-13-14-21-36)34(45-31)40-22-19-29(42)39-35(40)43/h15-17,19,22-24,30-32,34H,2-14,18,20-21H2,1H3,(H,37,41)(H,39,42,43)/t30-,31+,32-,34-/m1/s1. The summed E-state index contributed by atoms with van der Waals surface area (Å²) in [6.45, 7) is 2.25. The molecule has 0 radical (unpaired) electrons. The van der Waals surface area contributed by atoms with Crippen molar-refractivity contribution in [1.29, 1.82) is 0 Å². The number of aromatic nitrogens is 3. The Morgan fingerprint density at radius 1 is 0.957 bits per heavy atom. The second-order valence-electron chi connectivity index (χ2n) is 13.2. The van der Waals surface area contributed by atoms with Crippen LogP contribution in [0.2, 0.25) is 0 Å². The number of carbonyl (C=O) groups excluding carboxylic acids is 1. The molecule has 6 rings (SSSR count). The summed E-state index contributed by atoms with van der Waals surface area (Å²) in [5.41, 5.74) is 0.990. The number of fused-ring (bicyclic) bond motifs is 1. The van der Waals surface area contributed by atoms with Crippen molar-refractivity contribution >= 4 is 11.6 Å². The fraction of sp³-hybridized carbons (Fsp3) is 0.611. The molecular formula is C36H48N4O7. The molecule has 3 aromatic rings. The van der Waals surface area contributed by atoms with E-state index in [1.807, 2.05) is 24.3 Å². The quantitative estimate of drug-likeness (QED) is 0.156. The molecule has 4 heterocycles. The Balaban J connectivity index is 1.04. The highest BCUT2D eigenvalue weighted by atomic mass is 16.8. The second kappa shape index (κ2) is 15.6. The highest BCUT2D eigenvalue weighted by Gasteiger charge is 2.61. The van der Waals surface area contributed by atoms with E-state index in [9.17, 15) is 14.4 Å². The van der Waals surface area contributed by atoms with Crippen LogP contribution in [0.3, 0.4) is 0 Å². The van der Waals surface area contributed by atoms with Crippen molar-refractivity contribution in [3.63, 3.8) is 0 Å². The van der Waals surface area contributed by atoms with Crippen LogP contribution in [-0.4, -0.2) is 38.4 Å². The zero-order chi connectivity index (χ0) is 32.6. The predicted octanol–water partition coefficient (Wildman–Crippen LogP) is 7.16. The average molecular weight is 649 g/mol. The first-order valence-corrected chi connectivity index (χ1v) is 17.6. The lowest BCUT2D eigenvalue weighted by molar-refractivity contribution is -0.216. The van der Waals surface area contributed by atoms with Crippen molar-refractivity contribution in [2.24, 2.45) is 0 Å². The van der Waals surface area contributed by atoms with Gasteiger partial charge in [0.05, 0.1) is 0 Å². The largest absolute Gasteiger partial charge is 0.445 e. The van der Waals surface area contributed by atoms with Gasteiger partial charge in [-0.3, -0.25) is 19.1 Å². The Labute approximate surface area is 275 Å². The molecule has 1 saturated carbocycles. The summed E-state index contributed by atoms with van der Waals surface area (Å²) in [4.78, 5) is 44.1. The van der Waals surface area contributed by atoms with Gasteiger partial charge in [-0.1, -0.05) is 83.3 Å². The molecule has 4 atom stereocenters. The first-order valence-electron chi connectivity index (χ1n) is 17.6. The molecule has 2 N–H and O–H groups in total. The van der Waals surface area contributed by atoms with Crippen molar-refractivity contribution in [1.82, 2.24) is 14.5 Å². The van der Waals surface area contributed by atoms with Crippen molar-refractivity contribution in [3.8, 4) is 11.3 Å². The van der Waals surface area contributed by atoms with E-state index in [1.54, 1.807) is 6.26 Å². The number of benzene rings is 1. The lowest BCUT2D eigenvalue weighted by atomic mass is 10.1. The number of carbonyl (C=O) groups is 1. The Kier molecular flexibility index (Phi) is 11.1. The number of nitrogens with zero attached hydrogens (tertiary/aromatic N) is 2. The van der Waals surface area contributed by atoms with Crippen LogP contribution in [0.25, 0.3) is 11.3 Å². The molecule has 2 saturated heterocycles. The van der Waals surface area contributed by atoms with Crippen LogP contribution in [-0.2, 0) is 19.0 Å². The third-order valence-corrected chi connectivity index (χ3v) is 9.60. The van der Waals surface area contributed by atoms with Crippen LogP contribution < -0.4 is 16.6 Å². The number of nitrogens with one attached hydrogen (secondary N) is 2. The lowest BCUT2D eigenvalue weighted by Crippen LogP contribution is -2.37. The van der Waals surface area contributed by atoms with Crippen molar-refractivity contribution in [2.45, 2.75) is 140 Å². The van der Waals surface area contributed by atoms with Crippen LogP contribution in [0.15, 0.2) is 56.8 Å². The zero-order valence-electron chi connectivity index (χ0n) is 27.4. The van der Waals surface area contributed by atoms with Crippen molar-refractivity contribution in [3.05, 3.63) is 69.5 Å². The summed E-state index contributed by atoms with van der Waals surface area (Å²) in [5.74, 6) is -0.414. The molecule has 1 amide bonds. The molecule has 254 valence electrons. The van der Waals surface area contributed by atoms with Gasteiger partial charge in [0.25, 0.3) is 5.56 Å². The minimum atomic E-state index is -0.830. The summed E-state index contributed by atoms with van der Waals surface area (Å²) in [6, 6.07) is 8.81. The minimum Gasteiger partial charge on any atom is -0.445 e. The molecule has 1 aliphatic carbocycles. The number of H-pyrrole nitrogens is 1. The van der Waals surface area contributed by atoms with E-state index >= 15 is 0 Å². The second-order valence-corrected chi connectivity index (χ2v) is 13.2. The maximum atomic E-state index is 12.7. The van der Waals surface area contributed by atoms with E-state index in [0.29, 0.717) is 23.7 Å². The Morgan fingerprint density at radius 2 is 1.66 bits per heavy atom. The van der Waals surface area contributed by atoms with Crippen molar-refractivity contribution in [2.75, 3.05) is 5.32 Å². The third kappa shape index (κ3) is 8.13. The van der Waals surface area contributed by atoms with Crippen LogP contribution in [0.1, 0.15) is 128 Å². The molecule has 0 unspecified atom stereocenters. The monoisotopic (exact) mass is 648 g/mol. The average Bonchev–Trinajstić information content (AvgIpc) is 3.86. The van der Waals surface area contributed by atoms with E-state index in [4.69, 9.17) is 23.6 Å². The molecule has 3 fully saturated rings. The lowest BCUT2D eigenvalue weighted by Gasteiger charge is -2.26. The zero-order valence-corrected chi connectivity index (χ0v) is 27.4. The van der Waals surface area contributed by atoms with Crippen LogP contribution in [0.4, 0.5) is 5.69 Å². The predicted molar refractivity (Wildman–Crippen MR) is 177 cm³/mol. The van der Waals surface area contributed by atoms with E-state index < -0.39 is 41.6 Å². The van der Waals surface area contributed by atoms with Gasteiger partial charge in [0.2, 0.25) is 11.8 Å². The van der Waals surface area contributed by atoms with Gasteiger partial charge in [0.1, 0.15) is 24.2 Å². The van der Waals surface area contributed by atoms with Gasteiger partial charge in [-0.25, -0.2) is 9.78 Å². The fourth-order valence-corrected chi connectivity index (χ4v) is 7.10. The molecule has 0 bridgehead atoms. The van der Waals surface area contributed by atoms with Crippen LogP contribution in [0, 0.1) is 0 Å².